The van der Waals surface area contributed by atoms with Gasteiger partial charge in [0.25, 0.3) is 5.56 Å². The van der Waals surface area contributed by atoms with Crippen LogP contribution < -0.4 is 10.5 Å². The quantitative estimate of drug-likeness (QED) is 0.713. The number of carbonyl (C=O) groups is 1. The van der Waals surface area contributed by atoms with Gasteiger partial charge in [0.1, 0.15) is 0 Å². The number of H-pyrrole nitrogens is 1. The van der Waals surface area contributed by atoms with Crippen molar-refractivity contribution in [3.8, 4) is 0 Å². The molecule has 4 fully saturated rings. The first-order valence-electron chi connectivity index (χ1n) is 13.8. The Labute approximate surface area is 203 Å². The molecule has 5 rings (SSSR count). The second-order valence-electron chi connectivity index (χ2n) is 10.8. The van der Waals surface area contributed by atoms with Gasteiger partial charge in [-0.25, -0.2) is 4.98 Å². The van der Waals surface area contributed by atoms with Crippen LogP contribution in [0.4, 0.5) is 5.95 Å². The van der Waals surface area contributed by atoms with E-state index >= 15 is 0 Å². The van der Waals surface area contributed by atoms with Gasteiger partial charge in [0.05, 0.1) is 5.69 Å². The molecule has 1 aromatic heterocycles. The van der Waals surface area contributed by atoms with E-state index in [1.165, 1.54) is 44.9 Å². The fourth-order valence-electron chi connectivity index (χ4n) is 6.47. The number of nitrogens with zero attached hydrogens (tertiary/aromatic N) is 5. The maximum absolute atomic E-state index is 12.9. The summed E-state index contributed by atoms with van der Waals surface area (Å²) in [4.78, 5) is 42.5. The van der Waals surface area contributed by atoms with Gasteiger partial charge in [-0.1, -0.05) is 32.1 Å². The van der Waals surface area contributed by atoms with Crippen molar-refractivity contribution in [1.82, 2.24) is 24.7 Å². The number of aromatic nitrogens is 2. The van der Waals surface area contributed by atoms with Crippen molar-refractivity contribution < 1.29 is 4.79 Å². The first-order valence-corrected chi connectivity index (χ1v) is 13.8. The lowest BCUT2D eigenvalue weighted by atomic mass is 9.94. The fourth-order valence-corrected chi connectivity index (χ4v) is 6.47. The van der Waals surface area contributed by atoms with Gasteiger partial charge < -0.3 is 9.80 Å². The van der Waals surface area contributed by atoms with Gasteiger partial charge in [-0.2, -0.15) is 0 Å². The zero-order valence-electron chi connectivity index (χ0n) is 20.7. The monoisotopic (exact) mass is 470 g/mol. The molecule has 4 aliphatic rings. The smallest absolute Gasteiger partial charge is 0.252 e. The fraction of sp³-hybridized carbons (Fsp3) is 0.808. The number of nitrogens with one attached hydrogen (secondary N) is 1. The minimum absolute atomic E-state index is 0.0797. The Kier molecular flexibility index (Phi) is 7.84. The minimum Gasteiger partial charge on any atom is -0.341 e. The molecule has 0 spiro atoms. The van der Waals surface area contributed by atoms with Crippen LogP contribution in [0.2, 0.25) is 0 Å². The van der Waals surface area contributed by atoms with Crippen LogP contribution in [0, 0.1) is 5.92 Å². The van der Waals surface area contributed by atoms with Gasteiger partial charge in [-0.05, 0) is 32.1 Å². The highest BCUT2D eigenvalue weighted by molar-refractivity contribution is 5.79. The van der Waals surface area contributed by atoms with Gasteiger partial charge in [0, 0.05) is 76.9 Å². The van der Waals surface area contributed by atoms with Crippen LogP contribution in [0.1, 0.15) is 69.9 Å². The number of rotatable bonds is 5. The molecule has 0 bridgehead atoms. The van der Waals surface area contributed by atoms with Crippen LogP contribution >= 0.6 is 0 Å². The summed E-state index contributed by atoms with van der Waals surface area (Å²) in [5.74, 6) is 1.23. The van der Waals surface area contributed by atoms with Crippen LogP contribution in [-0.2, 0) is 11.3 Å². The van der Waals surface area contributed by atoms with Crippen molar-refractivity contribution >= 4 is 11.9 Å². The lowest BCUT2D eigenvalue weighted by Gasteiger charge is -2.40. The molecule has 8 heteroatoms. The molecular weight excluding hydrogens is 428 g/mol. The molecule has 8 nitrogen and oxygen atoms in total. The summed E-state index contributed by atoms with van der Waals surface area (Å²) in [6.45, 7) is 8.13. The third kappa shape index (κ3) is 5.82. The zero-order chi connectivity index (χ0) is 23.3. The summed E-state index contributed by atoms with van der Waals surface area (Å²) >= 11 is 0. The Hall–Kier alpha value is -1.93. The number of anilines is 1. The Morgan fingerprint density at radius 1 is 0.853 bits per heavy atom. The summed E-state index contributed by atoms with van der Waals surface area (Å²) < 4.78 is 0. The molecule has 34 heavy (non-hydrogen) atoms. The summed E-state index contributed by atoms with van der Waals surface area (Å²) in [6.07, 6.45) is 12.3. The average molecular weight is 471 g/mol. The largest absolute Gasteiger partial charge is 0.341 e. The van der Waals surface area contributed by atoms with E-state index in [9.17, 15) is 9.59 Å². The van der Waals surface area contributed by atoms with Crippen LogP contribution in [0.3, 0.4) is 0 Å². The standard InChI is InChI=1S/C26H42N6O2/c33-24-19-22(20-29-13-15-30(16-14-29)23-9-2-1-3-10-23)27-26(28-24)32-12-6-11-31(17-18-32)25(34)21-7-4-5-8-21/h19,21,23H,1-18,20H2,(H,27,28,33). The lowest BCUT2D eigenvalue weighted by molar-refractivity contribution is -0.135. The van der Waals surface area contributed by atoms with E-state index in [2.05, 4.69) is 19.7 Å². The Balaban J connectivity index is 1.16. The van der Waals surface area contributed by atoms with Crippen LogP contribution in [0.25, 0.3) is 0 Å². The van der Waals surface area contributed by atoms with Gasteiger partial charge >= 0.3 is 0 Å². The average Bonchev–Trinajstić information content (AvgIpc) is 3.29. The molecule has 3 heterocycles. The Morgan fingerprint density at radius 3 is 2.35 bits per heavy atom. The summed E-state index contributed by atoms with van der Waals surface area (Å²) in [5.41, 5.74) is 0.775. The van der Waals surface area contributed by atoms with Crippen molar-refractivity contribution in [2.75, 3.05) is 57.3 Å². The summed E-state index contributed by atoms with van der Waals surface area (Å²) in [5, 5.41) is 0. The van der Waals surface area contributed by atoms with Crippen LogP contribution in [-0.4, -0.2) is 89.0 Å². The molecule has 0 atom stereocenters. The Morgan fingerprint density at radius 2 is 1.59 bits per heavy atom. The summed E-state index contributed by atoms with van der Waals surface area (Å²) in [6, 6.07) is 2.44. The van der Waals surface area contributed by atoms with Crippen LogP contribution in [0.15, 0.2) is 10.9 Å². The highest BCUT2D eigenvalue weighted by Gasteiger charge is 2.29. The molecule has 2 aliphatic carbocycles. The lowest BCUT2D eigenvalue weighted by Crippen LogP contribution is -2.50. The van der Waals surface area contributed by atoms with Crippen molar-refractivity contribution in [2.24, 2.45) is 5.92 Å². The molecule has 2 saturated carbocycles. The van der Waals surface area contributed by atoms with E-state index in [4.69, 9.17) is 4.98 Å². The van der Waals surface area contributed by atoms with Crippen molar-refractivity contribution in [2.45, 2.75) is 76.8 Å². The molecule has 1 amide bonds. The molecular formula is C26H42N6O2. The minimum atomic E-state index is -0.0797. The number of carbonyl (C=O) groups excluding carboxylic acids is 1. The predicted octanol–water partition coefficient (Wildman–Crippen LogP) is 2.45. The molecule has 0 radical (unpaired) electrons. The van der Waals surface area contributed by atoms with Gasteiger partial charge in [0.15, 0.2) is 0 Å². The van der Waals surface area contributed by atoms with Crippen molar-refractivity contribution in [3.63, 3.8) is 0 Å². The van der Waals surface area contributed by atoms with E-state index in [1.54, 1.807) is 6.07 Å². The van der Waals surface area contributed by atoms with E-state index in [0.29, 0.717) is 18.4 Å². The SMILES string of the molecule is O=C(C1CCCC1)N1CCCN(c2nc(CN3CCN(C4CCCCC4)CC3)cc(=O)[nH]2)CC1. The van der Waals surface area contributed by atoms with Crippen LogP contribution in [0.5, 0.6) is 0 Å². The molecule has 1 N–H and O–H groups in total. The highest BCUT2D eigenvalue weighted by atomic mass is 16.2. The van der Waals surface area contributed by atoms with Gasteiger partial charge in [-0.3, -0.25) is 24.4 Å². The number of amides is 1. The van der Waals surface area contributed by atoms with Gasteiger partial charge in [-0.15, -0.1) is 0 Å². The molecule has 2 saturated heterocycles. The van der Waals surface area contributed by atoms with Crippen molar-refractivity contribution in [1.29, 1.82) is 0 Å². The first-order chi connectivity index (χ1) is 16.7. The molecule has 0 aromatic carbocycles. The van der Waals surface area contributed by atoms with Gasteiger partial charge in [0.2, 0.25) is 11.9 Å². The number of aromatic amines is 1. The second kappa shape index (κ2) is 11.2. The maximum atomic E-state index is 12.9. The highest BCUT2D eigenvalue weighted by Crippen LogP contribution is 2.27. The molecule has 188 valence electrons. The third-order valence-corrected chi connectivity index (χ3v) is 8.48. The van der Waals surface area contributed by atoms with E-state index in [0.717, 1.165) is 83.4 Å². The third-order valence-electron chi connectivity index (χ3n) is 8.48. The van der Waals surface area contributed by atoms with E-state index < -0.39 is 0 Å². The molecule has 1 aromatic rings. The normalized spacial score (nSPS) is 24.5. The topological polar surface area (TPSA) is 75.8 Å². The first kappa shape index (κ1) is 23.8. The zero-order valence-corrected chi connectivity index (χ0v) is 20.7. The van der Waals surface area contributed by atoms with Crippen molar-refractivity contribution in [3.05, 3.63) is 22.1 Å². The molecule has 0 unspecified atom stereocenters. The number of piperazine rings is 1. The summed E-state index contributed by atoms with van der Waals surface area (Å²) in [7, 11) is 0. The Bertz CT molecular complexity index is 868. The second-order valence-corrected chi connectivity index (χ2v) is 10.8. The molecule has 2 aliphatic heterocycles. The van der Waals surface area contributed by atoms with E-state index in [1.807, 2.05) is 4.90 Å². The predicted molar refractivity (Wildman–Crippen MR) is 134 cm³/mol. The van der Waals surface area contributed by atoms with E-state index in [-0.39, 0.29) is 11.5 Å². The maximum Gasteiger partial charge on any atom is 0.252 e. The number of hydrogen-bond acceptors (Lipinski definition) is 6. The number of hydrogen-bond donors (Lipinski definition) is 1.